The third kappa shape index (κ3) is 2.71. The molecule has 2 rings (SSSR count). The summed E-state index contributed by atoms with van der Waals surface area (Å²) >= 11 is 6.05. The predicted molar refractivity (Wildman–Crippen MR) is 76.3 cm³/mol. The standard InChI is InChI=1S/C11H16BClN2O4S/c1-10(2)11(3,4)19-12(18-10)7-5-9(20(14,16)17)15-6-8(7)13/h5-6H,1-4H3,(H2,14,16,17). The molecule has 0 spiro atoms. The molecule has 1 aliphatic heterocycles. The molecular weight excluding hydrogens is 302 g/mol. The molecule has 2 heterocycles. The Morgan fingerprint density at radius 3 is 2.20 bits per heavy atom. The van der Waals surface area contributed by atoms with Crippen LogP contribution >= 0.6 is 11.6 Å². The van der Waals surface area contributed by atoms with Crippen molar-refractivity contribution in [2.75, 3.05) is 0 Å². The minimum Gasteiger partial charge on any atom is -0.399 e. The first-order valence-corrected chi connectivity index (χ1v) is 7.90. The Bertz CT molecular complexity index is 632. The molecule has 6 nitrogen and oxygen atoms in total. The van der Waals surface area contributed by atoms with E-state index in [1.807, 2.05) is 27.7 Å². The van der Waals surface area contributed by atoms with E-state index >= 15 is 0 Å². The fraction of sp³-hybridized carbons (Fsp3) is 0.545. The van der Waals surface area contributed by atoms with E-state index in [0.29, 0.717) is 5.46 Å². The van der Waals surface area contributed by atoms with Crippen molar-refractivity contribution in [2.24, 2.45) is 5.14 Å². The minimum atomic E-state index is -3.91. The molecule has 2 N–H and O–H groups in total. The highest BCUT2D eigenvalue weighted by atomic mass is 35.5. The van der Waals surface area contributed by atoms with Crippen molar-refractivity contribution in [2.45, 2.75) is 43.9 Å². The normalized spacial score (nSPS) is 21.2. The highest BCUT2D eigenvalue weighted by Crippen LogP contribution is 2.37. The third-order valence-electron chi connectivity index (χ3n) is 3.66. The molecule has 110 valence electrons. The van der Waals surface area contributed by atoms with Crippen molar-refractivity contribution in [1.29, 1.82) is 0 Å². The second kappa shape index (κ2) is 4.67. The van der Waals surface area contributed by atoms with E-state index in [-0.39, 0.29) is 10.0 Å². The van der Waals surface area contributed by atoms with Crippen LogP contribution in [0.15, 0.2) is 17.3 Å². The molecule has 1 aromatic heterocycles. The number of pyridine rings is 1. The van der Waals surface area contributed by atoms with Gasteiger partial charge in [0.25, 0.3) is 10.0 Å². The molecule has 1 fully saturated rings. The van der Waals surface area contributed by atoms with E-state index in [0.717, 1.165) is 0 Å². The monoisotopic (exact) mass is 318 g/mol. The van der Waals surface area contributed by atoms with Gasteiger partial charge in [-0.3, -0.25) is 0 Å². The number of nitrogens with two attached hydrogens (primary N) is 1. The second-order valence-electron chi connectivity index (χ2n) is 5.68. The number of hydrogen-bond acceptors (Lipinski definition) is 5. The zero-order valence-corrected chi connectivity index (χ0v) is 13.2. The maximum Gasteiger partial charge on any atom is 0.496 e. The fourth-order valence-electron chi connectivity index (χ4n) is 1.74. The molecule has 9 heteroatoms. The number of aromatic nitrogens is 1. The number of rotatable bonds is 2. The summed E-state index contributed by atoms with van der Waals surface area (Å²) in [6, 6.07) is 1.28. The lowest BCUT2D eigenvalue weighted by molar-refractivity contribution is 0.00578. The summed E-state index contributed by atoms with van der Waals surface area (Å²) in [7, 11) is -4.68. The van der Waals surface area contributed by atoms with E-state index in [4.69, 9.17) is 26.0 Å². The highest BCUT2D eigenvalue weighted by Gasteiger charge is 2.52. The SMILES string of the molecule is CC1(C)OB(c2cc(S(N)(=O)=O)ncc2Cl)OC1(C)C. The Labute approximate surface area is 123 Å². The number of hydrogen-bond donors (Lipinski definition) is 1. The van der Waals surface area contributed by atoms with Gasteiger partial charge in [-0.05, 0) is 33.8 Å². The molecular formula is C11H16BClN2O4S. The van der Waals surface area contributed by atoms with Crippen LogP contribution in [-0.2, 0) is 19.3 Å². The summed E-state index contributed by atoms with van der Waals surface area (Å²) < 4.78 is 34.4. The van der Waals surface area contributed by atoms with E-state index in [1.165, 1.54) is 12.3 Å². The van der Waals surface area contributed by atoms with Crippen LogP contribution in [0.3, 0.4) is 0 Å². The molecule has 20 heavy (non-hydrogen) atoms. The second-order valence-corrected chi connectivity index (χ2v) is 7.59. The van der Waals surface area contributed by atoms with Crippen LogP contribution in [0.1, 0.15) is 27.7 Å². The largest absolute Gasteiger partial charge is 0.496 e. The van der Waals surface area contributed by atoms with Crippen LogP contribution in [0.5, 0.6) is 0 Å². The molecule has 0 atom stereocenters. The number of halogens is 1. The molecule has 0 aromatic carbocycles. The van der Waals surface area contributed by atoms with Gasteiger partial charge in [0.1, 0.15) is 0 Å². The zero-order valence-electron chi connectivity index (χ0n) is 11.7. The lowest BCUT2D eigenvalue weighted by Gasteiger charge is -2.32. The average Bonchev–Trinajstić information content (AvgIpc) is 2.46. The smallest absolute Gasteiger partial charge is 0.399 e. The first-order chi connectivity index (χ1) is 8.94. The third-order valence-corrected chi connectivity index (χ3v) is 4.78. The first kappa shape index (κ1) is 15.7. The summed E-state index contributed by atoms with van der Waals surface area (Å²) in [6.07, 6.45) is 1.22. The molecule has 0 saturated carbocycles. The lowest BCUT2D eigenvalue weighted by atomic mass is 9.80. The van der Waals surface area contributed by atoms with Crippen LogP contribution in [0.4, 0.5) is 0 Å². The number of nitrogens with zero attached hydrogens (tertiary/aromatic N) is 1. The predicted octanol–water partition coefficient (Wildman–Crippen LogP) is 0.682. The maximum absolute atomic E-state index is 11.4. The van der Waals surface area contributed by atoms with Crippen LogP contribution < -0.4 is 10.6 Å². The molecule has 0 amide bonds. The topological polar surface area (TPSA) is 91.5 Å². The average molecular weight is 319 g/mol. The van der Waals surface area contributed by atoms with Gasteiger partial charge in [-0.1, -0.05) is 11.6 Å². The molecule has 1 saturated heterocycles. The highest BCUT2D eigenvalue weighted by molar-refractivity contribution is 7.89. The molecule has 0 bridgehead atoms. The van der Waals surface area contributed by atoms with E-state index in [2.05, 4.69) is 4.98 Å². The van der Waals surface area contributed by atoms with Gasteiger partial charge in [0, 0.05) is 11.7 Å². The maximum atomic E-state index is 11.4. The molecule has 0 aliphatic carbocycles. The van der Waals surface area contributed by atoms with Gasteiger partial charge in [0.15, 0.2) is 5.03 Å². The fourth-order valence-corrected chi connectivity index (χ4v) is 2.42. The van der Waals surface area contributed by atoms with Crippen molar-refractivity contribution >= 4 is 34.2 Å². The quantitative estimate of drug-likeness (QED) is 0.810. The Morgan fingerprint density at radius 2 is 1.75 bits per heavy atom. The van der Waals surface area contributed by atoms with Crippen molar-refractivity contribution in [3.05, 3.63) is 17.3 Å². The zero-order chi connectivity index (χ0) is 15.3. The van der Waals surface area contributed by atoms with Gasteiger partial charge in [0.05, 0.1) is 16.2 Å². The van der Waals surface area contributed by atoms with Crippen molar-refractivity contribution in [1.82, 2.24) is 4.98 Å². The molecule has 0 radical (unpaired) electrons. The van der Waals surface area contributed by atoms with E-state index < -0.39 is 28.3 Å². The Balaban J connectivity index is 2.45. The summed E-state index contributed by atoms with van der Waals surface area (Å²) in [5.41, 5.74) is -0.706. The lowest BCUT2D eigenvalue weighted by Crippen LogP contribution is -2.41. The van der Waals surface area contributed by atoms with Crippen molar-refractivity contribution in [3.8, 4) is 0 Å². The van der Waals surface area contributed by atoms with Gasteiger partial charge in [-0.15, -0.1) is 0 Å². The van der Waals surface area contributed by atoms with E-state index in [9.17, 15) is 8.42 Å². The van der Waals surface area contributed by atoms with Gasteiger partial charge >= 0.3 is 7.12 Å². The van der Waals surface area contributed by atoms with E-state index in [1.54, 1.807) is 0 Å². The van der Waals surface area contributed by atoms with Gasteiger partial charge < -0.3 is 9.31 Å². The Morgan fingerprint density at radius 1 is 1.25 bits per heavy atom. The Hall–Kier alpha value is -0.665. The van der Waals surface area contributed by atoms with Crippen LogP contribution in [-0.4, -0.2) is 31.7 Å². The summed E-state index contributed by atoms with van der Waals surface area (Å²) in [6.45, 7) is 7.57. The first-order valence-electron chi connectivity index (χ1n) is 5.98. The van der Waals surface area contributed by atoms with Crippen LogP contribution in [0.2, 0.25) is 5.02 Å². The summed E-state index contributed by atoms with van der Waals surface area (Å²) in [4.78, 5) is 3.70. The van der Waals surface area contributed by atoms with Gasteiger partial charge in [-0.25, -0.2) is 18.5 Å². The van der Waals surface area contributed by atoms with Crippen molar-refractivity contribution < 1.29 is 17.7 Å². The molecule has 1 aliphatic rings. The minimum absolute atomic E-state index is 0.260. The van der Waals surface area contributed by atoms with Crippen LogP contribution in [0, 0.1) is 0 Å². The molecule has 1 aromatic rings. The number of primary sulfonamides is 1. The Kier molecular flexibility index (Phi) is 3.67. The summed E-state index contributed by atoms with van der Waals surface area (Å²) in [5, 5.41) is 5.05. The number of sulfonamides is 1. The molecule has 0 unspecified atom stereocenters. The van der Waals surface area contributed by atoms with Crippen LogP contribution in [0.25, 0.3) is 0 Å². The van der Waals surface area contributed by atoms with Gasteiger partial charge in [0.2, 0.25) is 0 Å². The summed E-state index contributed by atoms with van der Waals surface area (Å²) in [5.74, 6) is 0. The van der Waals surface area contributed by atoms with Crippen molar-refractivity contribution in [3.63, 3.8) is 0 Å². The van der Waals surface area contributed by atoms with Gasteiger partial charge in [-0.2, -0.15) is 0 Å².